The lowest BCUT2D eigenvalue weighted by Crippen LogP contribution is -2.61. The molecule has 1 aliphatic rings. The van der Waals surface area contributed by atoms with E-state index in [4.69, 9.17) is 20.3 Å². The Labute approximate surface area is 195 Å². The van der Waals surface area contributed by atoms with Crippen LogP contribution in [0.5, 0.6) is 0 Å². The highest BCUT2D eigenvalue weighted by atomic mass is 16.7. The lowest BCUT2D eigenvalue weighted by molar-refractivity contribution is -0.315. The van der Waals surface area contributed by atoms with Crippen molar-refractivity contribution in [2.45, 2.75) is 50.5 Å². The molecule has 0 bridgehead atoms. The van der Waals surface area contributed by atoms with Crippen LogP contribution in [0.2, 0.25) is 0 Å². The second kappa shape index (κ2) is 12.0. The highest BCUT2D eigenvalue weighted by Crippen LogP contribution is 2.29. The molecule has 3 aromatic rings. The molecule has 5 atom stereocenters. The lowest BCUT2D eigenvalue weighted by atomic mass is 9.98. The van der Waals surface area contributed by atoms with E-state index in [0.29, 0.717) is 0 Å². The smallest absolute Gasteiger partial charge is 0.184 e. The van der Waals surface area contributed by atoms with Gasteiger partial charge < -0.3 is 29.2 Å². The maximum absolute atomic E-state index is 10.9. The molecular formula is C27H30O6. The van der Waals surface area contributed by atoms with Crippen molar-refractivity contribution in [1.29, 1.82) is 0 Å². The van der Waals surface area contributed by atoms with E-state index in [-0.39, 0.29) is 19.8 Å². The summed E-state index contributed by atoms with van der Waals surface area (Å²) in [5.41, 5.74) is 2.74. The van der Waals surface area contributed by atoms with E-state index < -0.39 is 37.3 Å². The summed E-state index contributed by atoms with van der Waals surface area (Å²) in [6.45, 7) is 0.169. The quantitative estimate of drug-likeness (QED) is 0.492. The maximum atomic E-state index is 10.9. The van der Waals surface area contributed by atoms with Crippen LogP contribution >= 0.6 is 0 Å². The zero-order valence-corrected chi connectivity index (χ0v) is 18.3. The van der Waals surface area contributed by atoms with Gasteiger partial charge in [0.1, 0.15) is 24.4 Å². The average Bonchev–Trinajstić information content (AvgIpc) is 2.87. The first-order valence-electron chi connectivity index (χ1n) is 11.5. The lowest BCUT2D eigenvalue weighted by Gasteiger charge is -2.44. The van der Waals surface area contributed by atoms with Crippen LogP contribution in [0.4, 0.5) is 0 Å². The van der Waals surface area contributed by atoms with Crippen molar-refractivity contribution in [3.8, 4) is 0 Å². The van der Waals surface area contributed by atoms with Crippen molar-refractivity contribution in [2.24, 2.45) is 0 Å². The second-order valence-corrected chi connectivity index (χ2v) is 7.92. The van der Waals surface area contributed by atoms with Crippen LogP contribution in [0, 0.1) is 0 Å². The van der Waals surface area contributed by atoms with Crippen molar-refractivity contribution < 1.29 is 30.5 Å². The molecule has 0 unspecified atom stereocenters. The molecule has 0 amide bonds. The fourth-order valence-electron chi connectivity index (χ4n) is 3.80. The van der Waals surface area contributed by atoms with Gasteiger partial charge in [-0.15, -0.1) is 0 Å². The van der Waals surface area contributed by atoms with E-state index in [1.165, 1.54) is 0 Å². The van der Waals surface area contributed by atoms with Crippen LogP contribution in [0.25, 0.3) is 0 Å². The minimum Gasteiger partial charge on any atom is -0.394 e. The van der Waals surface area contributed by atoms with Gasteiger partial charge in [-0.1, -0.05) is 91.0 Å². The van der Waals surface area contributed by atoms with Gasteiger partial charge >= 0.3 is 0 Å². The molecule has 4 rings (SSSR count). The first-order chi connectivity index (χ1) is 16.6. The molecular weight excluding hydrogens is 420 g/mol. The Bertz CT molecular complexity index is 986. The highest BCUT2D eigenvalue weighted by Gasteiger charge is 2.47. The molecule has 1 fully saturated rings. The Morgan fingerprint density at radius 2 is 1.03 bits per heavy atom. The van der Waals surface area contributed by atoms with Gasteiger partial charge in [-0.3, -0.25) is 0 Å². The van der Waals surface area contributed by atoms with Crippen LogP contribution in [0.15, 0.2) is 91.0 Å². The number of ether oxygens (including phenoxy) is 4. The van der Waals surface area contributed by atoms with Crippen LogP contribution in [-0.2, 0) is 38.8 Å². The predicted octanol–water partition coefficient (Wildman–Crippen LogP) is 3.45. The summed E-state index contributed by atoms with van der Waals surface area (Å²) in [6.07, 6.45) is -6.24. The van der Waals surface area contributed by atoms with Crippen molar-refractivity contribution in [3.63, 3.8) is 0 Å². The van der Waals surface area contributed by atoms with Crippen molar-refractivity contribution >= 4 is 0 Å². The summed E-state index contributed by atoms with van der Waals surface area (Å²) in [5, 5.41) is 20.8. The molecule has 0 spiro atoms. The SMILES string of the molecule is [2H][C@]1(O)O[C@H](CO)[C@@H](OCc2ccccc2)[C@H](OCc2ccccc2)[C@@H]1OCc1ccccc1. The molecule has 6 heteroatoms. The molecule has 0 aromatic heterocycles. The minimum absolute atomic E-state index is 0.149. The number of aliphatic hydroxyl groups is 2. The zero-order chi connectivity index (χ0) is 23.8. The van der Waals surface area contributed by atoms with E-state index in [0.717, 1.165) is 16.7 Å². The summed E-state index contributed by atoms with van der Waals surface area (Å²) in [5.74, 6) is 0. The zero-order valence-electron chi connectivity index (χ0n) is 19.3. The summed E-state index contributed by atoms with van der Waals surface area (Å²) in [4.78, 5) is 0. The minimum atomic E-state index is -2.43. The van der Waals surface area contributed by atoms with E-state index in [1.807, 2.05) is 91.0 Å². The number of rotatable bonds is 10. The van der Waals surface area contributed by atoms with Gasteiger partial charge in [-0.05, 0) is 16.7 Å². The maximum Gasteiger partial charge on any atom is 0.184 e. The van der Waals surface area contributed by atoms with Gasteiger partial charge in [0.05, 0.1) is 27.8 Å². The predicted molar refractivity (Wildman–Crippen MR) is 123 cm³/mol. The first-order valence-corrected chi connectivity index (χ1v) is 11.0. The fraction of sp³-hybridized carbons (Fsp3) is 0.333. The van der Waals surface area contributed by atoms with Crippen molar-refractivity contribution in [3.05, 3.63) is 108 Å². The normalized spacial score (nSPS) is 27.8. The molecule has 33 heavy (non-hydrogen) atoms. The third-order valence-corrected chi connectivity index (χ3v) is 5.53. The van der Waals surface area contributed by atoms with Gasteiger partial charge in [-0.2, -0.15) is 0 Å². The summed E-state index contributed by atoms with van der Waals surface area (Å²) in [7, 11) is 0. The molecule has 3 aromatic carbocycles. The summed E-state index contributed by atoms with van der Waals surface area (Å²) < 4.78 is 32.4. The molecule has 174 valence electrons. The second-order valence-electron chi connectivity index (χ2n) is 7.92. The molecule has 0 radical (unpaired) electrons. The highest BCUT2D eigenvalue weighted by molar-refractivity contribution is 5.15. The van der Waals surface area contributed by atoms with Crippen LogP contribution in [0.3, 0.4) is 0 Å². The molecule has 1 saturated heterocycles. The van der Waals surface area contributed by atoms with E-state index >= 15 is 0 Å². The monoisotopic (exact) mass is 451 g/mol. The Morgan fingerprint density at radius 3 is 1.45 bits per heavy atom. The van der Waals surface area contributed by atoms with Gasteiger partial charge in [-0.25, -0.2) is 0 Å². The molecule has 1 aliphatic heterocycles. The Hall–Kier alpha value is -2.58. The van der Waals surface area contributed by atoms with E-state index in [2.05, 4.69) is 0 Å². The van der Waals surface area contributed by atoms with Crippen LogP contribution in [0.1, 0.15) is 18.1 Å². The number of benzene rings is 3. The number of aliphatic hydroxyl groups excluding tert-OH is 1. The van der Waals surface area contributed by atoms with E-state index in [9.17, 15) is 10.2 Å². The van der Waals surface area contributed by atoms with Gasteiger partial charge in [0, 0.05) is 0 Å². The van der Waals surface area contributed by atoms with E-state index in [1.54, 1.807) is 0 Å². The topological polar surface area (TPSA) is 77.4 Å². The van der Waals surface area contributed by atoms with Crippen LogP contribution < -0.4 is 0 Å². The number of hydrogen-bond donors (Lipinski definition) is 2. The van der Waals surface area contributed by atoms with Crippen LogP contribution in [-0.4, -0.2) is 47.5 Å². The fourth-order valence-corrected chi connectivity index (χ4v) is 3.80. The molecule has 2 N–H and O–H groups in total. The third kappa shape index (κ3) is 6.48. The molecule has 0 saturated carbocycles. The Kier molecular flexibility index (Phi) is 8.11. The summed E-state index contributed by atoms with van der Waals surface area (Å²) >= 11 is 0. The molecule has 1 heterocycles. The average molecular weight is 452 g/mol. The first kappa shape index (κ1) is 22.2. The van der Waals surface area contributed by atoms with Gasteiger partial charge in [0.15, 0.2) is 6.27 Å². The van der Waals surface area contributed by atoms with Crippen molar-refractivity contribution in [1.82, 2.24) is 0 Å². The molecule has 6 nitrogen and oxygen atoms in total. The Morgan fingerprint density at radius 1 is 0.636 bits per heavy atom. The Balaban J connectivity index is 1.58. The number of hydrogen-bond acceptors (Lipinski definition) is 6. The van der Waals surface area contributed by atoms with Gasteiger partial charge in [0.25, 0.3) is 0 Å². The van der Waals surface area contributed by atoms with Crippen molar-refractivity contribution in [2.75, 3.05) is 6.61 Å². The summed E-state index contributed by atoms with van der Waals surface area (Å²) in [6, 6.07) is 28.7. The molecule has 0 aliphatic carbocycles. The van der Waals surface area contributed by atoms with Gasteiger partial charge in [0.2, 0.25) is 0 Å². The third-order valence-electron chi connectivity index (χ3n) is 5.53. The standard InChI is InChI=1S/C27H30O6/c28-16-23-24(30-17-20-10-4-1-5-11-20)25(31-18-21-12-6-2-7-13-21)26(27(29)33-23)32-19-22-14-8-3-9-15-22/h1-15,23-29H,16-19H2/t23-,24-,25+,26+,27+/m1/s1/i27D. The largest absolute Gasteiger partial charge is 0.394 e.